The number of carboxylic acid groups (broad SMARTS) is 1. The molecule has 0 aliphatic carbocycles. The molecule has 4 heteroatoms. The van der Waals surface area contributed by atoms with Crippen LogP contribution in [0.4, 0.5) is 5.69 Å². The van der Waals surface area contributed by atoms with Crippen molar-refractivity contribution < 1.29 is 14.7 Å². The largest absolute Gasteiger partial charge is 0.479 e. The van der Waals surface area contributed by atoms with Gasteiger partial charge in [-0.25, -0.2) is 4.79 Å². The van der Waals surface area contributed by atoms with E-state index in [1.165, 1.54) is 6.92 Å². The highest BCUT2D eigenvalue weighted by molar-refractivity contribution is 6.10. The first-order valence-corrected chi connectivity index (χ1v) is 5.66. The van der Waals surface area contributed by atoms with Crippen molar-refractivity contribution in [3.63, 3.8) is 0 Å². The smallest absolute Gasteiger partial charge is 0.337 e. The van der Waals surface area contributed by atoms with Crippen LogP contribution in [0.15, 0.2) is 30.3 Å². The fourth-order valence-corrected chi connectivity index (χ4v) is 2.52. The highest BCUT2D eigenvalue weighted by Gasteiger charge is 2.51. The van der Waals surface area contributed by atoms with Crippen LogP contribution in [0.25, 0.3) is 0 Å². The van der Waals surface area contributed by atoms with E-state index in [4.69, 9.17) is 0 Å². The van der Waals surface area contributed by atoms with Crippen LogP contribution in [-0.4, -0.2) is 28.9 Å². The summed E-state index contributed by atoms with van der Waals surface area (Å²) >= 11 is 0. The number of ketones is 1. The number of para-hydroxylation sites is 1. The molecule has 1 aliphatic rings. The monoisotopic (exact) mass is 233 g/mol. The van der Waals surface area contributed by atoms with Crippen molar-refractivity contribution in [2.75, 3.05) is 11.4 Å². The molecule has 0 spiro atoms. The molecule has 0 radical (unpaired) electrons. The molecule has 1 saturated heterocycles. The molecule has 1 N–H and O–H groups in total. The zero-order chi connectivity index (χ0) is 12.5. The third-order valence-corrected chi connectivity index (χ3v) is 3.39. The number of hydrogen-bond donors (Lipinski definition) is 1. The SMILES string of the molecule is CC(=O)C1(C(=O)O)CCCN1c1ccccc1. The third kappa shape index (κ3) is 1.69. The Morgan fingerprint density at radius 2 is 1.94 bits per heavy atom. The number of carbonyl (C=O) groups excluding carboxylic acids is 1. The quantitative estimate of drug-likeness (QED) is 0.807. The Morgan fingerprint density at radius 3 is 2.47 bits per heavy atom. The number of hydrogen-bond acceptors (Lipinski definition) is 3. The van der Waals surface area contributed by atoms with Gasteiger partial charge in [-0.3, -0.25) is 4.79 Å². The number of carboxylic acids is 1. The van der Waals surface area contributed by atoms with E-state index in [0.29, 0.717) is 13.0 Å². The maximum atomic E-state index is 11.8. The third-order valence-electron chi connectivity index (χ3n) is 3.39. The lowest BCUT2D eigenvalue weighted by atomic mass is 9.91. The molecule has 1 aliphatic heterocycles. The lowest BCUT2D eigenvalue weighted by molar-refractivity contribution is -0.147. The molecule has 4 nitrogen and oxygen atoms in total. The van der Waals surface area contributed by atoms with Crippen molar-refractivity contribution in [2.45, 2.75) is 25.3 Å². The minimum absolute atomic E-state index is 0.300. The van der Waals surface area contributed by atoms with Gasteiger partial charge in [-0.2, -0.15) is 0 Å². The lowest BCUT2D eigenvalue weighted by Gasteiger charge is -2.34. The number of rotatable bonds is 3. The van der Waals surface area contributed by atoms with Gasteiger partial charge in [0.05, 0.1) is 0 Å². The zero-order valence-corrected chi connectivity index (χ0v) is 9.72. The van der Waals surface area contributed by atoms with E-state index in [-0.39, 0.29) is 5.78 Å². The Kier molecular flexibility index (Phi) is 2.88. The summed E-state index contributed by atoms with van der Waals surface area (Å²) in [7, 11) is 0. The summed E-state index contributed by atoms with van der Waals surface area (Å²) < 4.78 is 0. The summed E-state index contributed by atoms with van der Waals surface area (Å²) in [6, 6.07) is 9.24. The summed E-state index contributed by atoms with van der Waals surface area (Å²) in [5.41, 5.74) is -0.580. The summed E-state index contributed by atoms with van der Waals surface area (Å²) in [5, 5.41) is 9.40. The van der Waals surface area contributed by atoms with Gasteiger partial charge in [-0.1, -0.05) is 18.2 Å². The van der Waals surface area contributed by atoms with Crippen LogP contribution in [0, 0.1) is 0 Å². The molecule has 1 atom stereocenters. The Morgan fingerprint density at radius 1 is 1.29 bits per heavy atom. The number of carbonyl (C=O) groups is 2. The molecule has 1 aromatic carbocycles. The Balaban J connectivity index is 2.46. The van der Waals surface area contributed by atoms with E-state index < -0.39 is 11.5 Å². The zero-order valence-electron chi connectivity index (χ0n) is 9.72. The van der Waals surface area contributed by atoms with Crippen LogP contribution in [0.5, 0.6) is 0 Å². The number of Topliss-reactive ketones (excluding diaryl/α,β-unsaturated/α-hetero) is 1. The molecule has 1 unspecified atom stereocenters. The minimum atomic E-state index is -1.37. The van der Waals surface area contributed by atoms with Gasteiger partial charge in [0.15, 0.2) is 11.3 Å². The Hall–Kier alpha value is -1.84. The van der Waals surface area contributed by atoms with Gasteiger partial charge < -0.3 is 10.0 Å². The summed E-state index contributed by atoms with van der Waals surface area (Å²) in [6.45, 7) is 1.96. The standard InChI is InChI=1S/C13H15NO3/c1-10(15)13(12(16)17)8-5-9-14(13)11-6-3-2-4-7-11/h2-4,6-7H,5,8-9H2,1H3,(H,16,17). The topological polar surface area (TPSA) is 57.6 Å². The van der Waals surface area contributed by atoms with Gasteiger partial charge in [0, 0.05) is 12.2 Å². The molecule has 1 aromatic rings. The highest BCUT2D eigenvalue weighted by atomic mass is 16.4. The average molecular weight is 233 g/mol. The first-order chi connectivity index (χ1) is 8.09. The van der Waals surface area contributed by atoms with E-state index in [1.807, 2.05) is 30.3 Å². The molecule has 1 fully saturated rings. The van der Waals surface area contributed by atoms with Gasteiger partial charge >= 0.3 is 5.97 Å². The number of aliphatic carboxylic acids is 1. The van der Waals surface area contributed by atoms with Crippen molar-refractivity contribution in [3.05, 3.63) is 30.3 Å². The van der Waals surface area contributed by atoms with Gasteiger partial charge in [0.2, 0.25) is 0 Å². The first-order valence-electron chi connectivity index (χ1n) is 5.66. The fraction of sp³-hybridized carbons (Fsp3) is 0.385. The second-order valence-corrected chi connectivity index (χ2v) is 4.31. The molecule has 0 aromatic heterocycles. The summed E-state index contributed by atoms with van der Waals surface area (Å²) in [6.07, 6.45) is 1.10. The number of nitrogens with zero attached hydrogens (tertiary/aromatic N) is 1. The molecule has 17 heavy (non-hydrogen) atoms. The molecule has 2 rings (SSSR count). The normalized spacial score (nSPS) is 23.7. The van der Waals surface area contributed by atoms with E-state index in [1.54, 1.807) is 4.90 Å². The van der Waals surface area contributed by atoms with E-state index in [2.05, 4.69) is 0 Å². The van der Waals surface area contributed by atoms with Crippen molar-refractivity contribution in [1.82, 2.24) is 0 Å². The average Bonchev–Trinajstić information content (AvgIpc) is 2.75. The second kappa shape index (κ2) is 4.20. The van der Waals surface area contributed by atoms with Crippen molar-refractivity contribution in [1.29, 1.82) is 0 Å². The Bertz CT molecular complexity index is 427. The van der Waals surface area contributed by atoms with Gasteiger partial charge in [0.1, 0.15) is 0 Å². The van der Waals surface area contributed by atoms with Crippen molar-refractivity contribution in [3.8, 4) is 0 Å². The summed E-state index contributed by atoms with van der Waals surface area (Å²) in [5.74, 6) is -1.35. The maximum Gasteiger partial charge on any atom is 0.337 e. The molecular formula is C13H15NO3. The number of anilines is 1. The van der Waals surface area contributed by atoms with Crippen LogP contribution in [0.3, 0.4) is 0 Å². The van der Waals surface area contributed by atoms with Crippen LogP contribution in [-0.2, 0) is 9.59 Å². The number of benzene rings is 1. The summed E-state index contributed by atoms with van der Waals surface area (Å²) in [4.78, 5) is 25.0. The predicted molar refractivity (Wildman–Crippen MR) is 64.1 cm³/mol. The second-order valence-electron chi connectivity index (χ2n) is 4.31. The molecule has 1 heterocycles. The van der Waals surface area contributed by atoms with Crippen LogP contribution in [0.2, 0.25) is 0 Å². The predicted octanol–water partition coefficient (Wildman–Crippen LogP) is 1.70. The van der Waals surface area contributed by atoms with Gasteiger partial charge in [-0.05, 0) is 31.9 Å². The lowest BCUT2D eigenvalue weighted by Crippen LogP contribution is -2.56. The van der Waals surface area contributed by atoms with Crippen LogP contribution in [0.1, 0.15) is 19.8 Å². The fourth-order valence-electron chi connectivity index (χ4n) is 2.52. The van der Waals surface area contributed by atoms with Crippen molar-refractivity contribution in [2.24, 2.45) is 0 Å². The van der Waals surface area contributed by atoms with E-state index in [9.17, 15) is 14.7 Å². The maximum absolute atomic E-state index is 11.8. The molecule has 90 valence electrons. The van der Waals surface area contributed by atoms with Crippen LogP contribution >= 0.6 is 0 Å². The van der Waals surface area contributed by atoms with E-state index in [0.717, 1.165) is 12.1 Å². The molecule has 0 amide bonds. The van der Waals surface area contributed by atoms with Gasteiger partial charge in [0.25, 0.3) is 0 Å². The molecule has 0 saturated carbocycles. The van der Waals surface area contributed by atoms with Crippen LogP contribution < -0.4 is 4.90 Å². The molecule has 0 bridgehead atoms. The van der Waals surface area contributed by atoms with E-state index >= 15 is 0 Å². The minimum Gasteiger partial charge on any atom is -0.479 e. The Labute approximate surface area is 99.9 Å². The first kappa shape index (κ1) is 11.6. The van der Waals surface area contributed by atoms with Crippen molar-refractivity contribution >= 4 is 17.4 Å². The highest BCUT2D eigenvalue weighted by Crippen LogP contribution is 2.35. The van der Waals surface area contributed by atoms with Gasteiger partial charge in [-0.15, -0.1) is 0 Å². The molecular weight excluding hydrogens is 218 g/mol.